The number of anilines is 2. The van der Waals surface area contributed by atoms with Gasteiger partial charge in [0.2, 0.25) is 5.91 Å². The number of alkyl carbamates (subject to hydrolysis) is 1. The predicted octanol–water partition coefficient (Wildman–Crippen LogP) is 4.41. The van der Waals surface area contributed by atoms with Gasteiger partial charge in [-0.15, -0.1) is 0 Å². The molecule has 2 aromatic rings. The number of epoxide rings is 1. The number of aliphatic hydroxyl groups is 2. The minimum atomic E-state index is -2.08. The number of nitrogens with one attached hydrogen (secondary N) is 1. The number of hydrogen-bond donors (Lipinski definition) is 4. The third-order valence-electron chi connectivity index (χ3n) is 10.4. The largest absolute Gasteiger partial charge is 0.495 e. The van der Waals surface area contributed by atoms with Crippen LogP contribution in [0.25, 0.3) is 0 Å². The summed E-state index contributed by atoms with van der Waals surface area (Å²) in [7, 11) is 4.42. The fourth-order valence-corrected chi connectivity index (χ4v) is 7.39. The molecule has 0 saturated carbocycles. The Bertz CT molecular complexity index is 1890. The molecule has 0 aliphatic carbocycles. The van der Waals surface area contributed by atoms with E-state index < -0.39 is 71.6 Å². The Morgan fingerprint density at radius 3 is 2.57 bits per heavy atom. The van der Waals surface area contributed by atoms with E-state index in [2.05, 4.69) is 5.32 Å². The van der Waals surface area contributed by atoms with Crippen LogP contribution in [0.3, 0.4) is 0 Å². The van der Waals surface area contributed by atoms with Gasteiger partial charge in [0, 0.05) is 32.1 Å². The molecule has 2 fully saturated rings. The van der Waals surface area contributed by atoms with Gasteiger partial charge >= 0.3 is 12.1 Å². The Labute approximate surface area is 323 Å². The van der Waals surface area contributed by atoms with Crippen LogP contribution in [-0.4, -0.2) is 102 Å². The van der Waals surface area contributed by atoms with Crippen molar-refractivity contribution in [3.63, 3.8) is 0 Å². The number of carbonyl (C=O) groups is 4. The van der Waals surface area contributed by atoms with Crippen LogP contribution in [0.2, 0.25) is 10.0 Å². The number of allylic oxidation sites excluding steroid dienone is 3. The molecule has 4 bridgehead atoms. The maximum Gasteiger partial charge on any atom is 0.409 e. The van der Waals surface area contributed by atoms with Crippen molar-refractivity contribution in [2.24, 2.45) is 5.92 Å². The molecule has 3 aliphatic rings. The molecule has 0 spiro atoms. The summed E-state index contributed by atoms with van der Waals surface area (Å²) in [5.74, 6) is -2.17. The number of nitrogens with two attached hydrogens (primary N) is 1. The summed E-state index contributed by atoms with van der Waals surface area (Å²) < 4.78 is 23.4. The van der Waals surface area contributed by atoms with Gasteiger partial charge in [-0.1, -0.05) is 53.9 Å². The van der Waals surface area contributed by atoms with Crippen molar-refractivity contribution in [2.45, 2.75) is 88.7 Å². The van der Waals surface area contributed by atoms with Gasteiger partial charge in [0.05, 0.1) is 35.9 Å². The van der Waals surface area contributed by atoms with Gasteiger partial charge in [0.25, 0.3) is 5.91 Å². The Kier molecular flexibility index (Phi) is 11.9. The number of hydrogen-bond acceptors (Lipinski definition) is 11. The standard InChI is InChI=1S/C38H46Cl2N4O10/c1-19-9-8-10-29(45)38(50)18-28(52-36(49)42-38)20(2)33-37(4,54-33)30(17-31(46)44(6)26-14-22(13-19)15-27(51-7)32(26)40)53-35(48)21(3)43(5)34(47)24-12-11-23(41)16-25(24)39/h8-12,14-16,20-21,28-30,33,45,50H,13,17-18,41H2,1-7H3,(H,42,49)/b10-8+,19-9+/t20-,21+,28+,29-,30+,33+,37+,38+/m1/s1. The fraction of sp³-hybridized carbons (Fsp3) is 0.474. The van der Waals surface area contributed by atoms with E-state index in [0.717, 1.165) is 16.0 Å². The number of esters is 1. The van der Waals surface area contributed by atoms with E-state index in [4.69, 9.17) is 47.9 Å². The second-order valence-electron chi connectivity index (χ2n) is 14.3. The first-order valence-electron chi connectivity index (χ1n) is 17.4. The van der Waals surface area contributed by atoms with Crippen molar-refractivity contribution in [1.29, 1.82) is 0 Å². The van der Waals surface area contributed by atoms with Gasteiger partial charge in [0.1, 0.15) is 40.7 Å². The molecule has 292 valence electrons. The van der Waals surface area contributed by atoms with Crippen molar-refractivity contribution in [2.75, 3.05) is 31.8 Å². The summed E-state index contributed by atoms with van der Waals surface area (Å²) in [6.07, 6.45) is -0.877. The monoisotopic (exact) mass is 788 g/mol. The molecule has 0 radical (unpaired) electrons. The summed E-state index contributed by atoms with van der Waals surface area (Å²) in [5.41, 5.74) is 4.84. The van der Waals surface area contributed by atoms with Gasteiger partial charge < -0.3 is 44.7 Å². The van der Waals surface area contributed by atoms with Crippen LogP contribution < -0.4 is 20.7 Å². The van der Waals surface area contributed by atoms with Crippen LogP contribution in [0.4, 0.5) is 16.2 Å². The van der Waals surface area contributed by atoms with Gasteiger partial charge in [0.15, 0.2) is 5.72 Å². The number of carbonyl (C=O) groups excluding carboxylic acids is 4. The molecule has 2 saturated heterocycles. The number of nitrogen functional groups attached to an aromatic ring is 1. The fourth-order valence-electron chi connectivity index (χ4n) is 6.81. The van der Waals surface area contributed by atoms with E-state index in [0.29, 0.717) is 23.5 Å². The molecule has 14 nitrogen and oxygen atoms in total. The molecule has 3 heterocycles. The number of halogens is 2. The number of amides is 3. The average molecular weight is 790 g/mol. The lowest BCUT2D eigenvalue weighted by molar-refractivity contribution is -0.158. The minimum absolute atomic E-state index is 0.107. The van der Waals surface area contributed by atoms with E-state index in [9.17, 15) is 29.4 Å². The summed E-state index contributed by atoms with van der Waals surface area (Å²) >= 11 is 13.0. The van der Waals surface area contributed by atoms with Crippen LogP contribution in [0.15, 0.2) is 54.1 Å². The van der Waals surface area contributed by atoms with Crippen molar-refractivity contribution in [3.8, 4) is 5.75 Å². The van der Waals surface area contributed by atoms with E-state index in [1.807, 2.05) is 6.92 Å². The van der Waals surface area contributed by atoms with E-state index >= 15 is 0 Å². The van der Waals surface area contributed by atoms with Crippen molar-refractivity contribution >= 4 is 58.5 Å². The maximum atomic E-state index is 14.1. The number of nitrogens with zero attached hydrogens (tertiary/aromatic N) is 2. The molecular weight excluding hydrogens is 743 g/mol. The molecule has 16 heteroatoms. The Morgan fingerprint density at radius 1 is 1.20 bits per heavy atom. The number of ether oxygens (including phenoxy) is 4. The van der Waals surface area contributed by atoms with E-state index in [1.165, 1.54) is 57.3 Å². The highest BCUT2D eigenvalue weighted by atomic mass is 35.5. The van der Waals surface area contributed by atoms with Crippen LogP contribution in [0.5, 0.6) is 5.75 Å². The highest BCUT2D eigenvalue weighted by Crippen LogP contribution is 2.49. The first-order valence-corrected chi connectivity index (χ1v) is 18.1. The number of rotatable bonds is 5. The molecule has 54 heavy (non-hydrogen) atoms. The normalized spacial score (nSPS) is 30.8. The quantitative estimate of drug-likeness (QED) is 0.191. The second-order valence-corrected chi connectivity index (χ2v) is 15.1. The Balaban J connectivity index is 1.51. The SMILES string of the molecule is COc1cc2cc(c1Cl)N(C)C(=O)C[C@H](OC(=O)[C@H](C)N(C)C(=O)c1ccc(N)cc1Cl)[C@]1(C)O[C@H]1[C@H](C)[C@@H]1C[C@@](O)(NC(=O)O1)[C@H](O)/C=C/C=C(\C)C2. The van der Waals surface area contributed by atoms with E-state index in [1.54, 1.807) is 38.1 Å². The summed E-state index contributed by atoms with van der Waals surface area (Å²) in [6.45, 7) is 6.72. The molecule has 3 aliphatic heterocycles. The lowest BCUT2D eigenvalue weighted by Crippen LogP contribution is -2.63. The summed E-state index contributed by atoms with van der Waals surface area (Å²) in [5, 5.41) is 25.1. The zero-order valence-corrected chi connectivity index (χ0v) is 32.6. The van der Waals surface area contributed by atoms with Crippen molar-refractivity contribution in [3.05, 3.63) is 75.3 Å². The molecule has 2 aromatic carbocycles. The molecule has 0 unspecified atom stereocenters. The van der Waals surface area contributed by atoms with Gasteiger partial charge in [-0.3, -0.25) is 14.9 Å². The molecule has 8 atom stereocenters. The van der Waals surface area contributed by atoms with Crippen molar-refractivity contribution in [1.82, 2.24) is 10.2 Å². The number of methoxy groups -OCH3 is 1. The highest BCUT2D eigenvalue weighted by molar-refractivity contribution is 6.35. The van der Waals surface area contributed by atoms with Crippen LogP contribution in [0, 0.1) is 5.92 Å². The molecular formula is C38H46Cl2N4O10. The topological polar surface area (TPSA) is 193 Å². The number of fused-ring (bicyclic) bond motifs is 5. The maximum absolute atomic E-state index is 14.1. The summed E-state index contributed by atoms with van der Waals surface area (Å²) in [6, 6.07) is 6.75. The third kappa shape index (κ3) is 8.32. The number of benzene rings is 2. The lowest BCUT2D eigenvalue weighted by atomic mass is 9.83. The smallest absolute Gasteiger partial charge is 0.409 e. The first kappa shape index (κ1) is 40.8. The minimum Gasteiger partial charge on any atom is -0.495 e. The van der Waals surface area contributed by atoms with Crippen LogP contribution in [-0.2, 0) is 30.2 Å². The average Bonchev–Trinajstić information content (AvgIpc) is 3.81. The zero-order chi connectivity index (χ0) is 39.9. The van der Waals surface area contributed by atoms with Gasteiger partial charge in [-0.25, -0.2) is 9.59 Å². The number of aliphatic hydroxyl groups excluding tert-OH is 1. The molecule has 5 rings (SSSR count). The lowest BCUT2D eigenvalue weighted by Gasteiger charge is -2.41. The molecule has 3 amide bonds. The summed E-state index contributed by atoms with van der Waals surface area (Å²) in [4.78, 5) is 56.6. The Hall–Kier alpha value is -4.34. The first-order chi connectivity index (χ1) is 25.3. The second kappa shape index (κ2) is 15.8. The highest BCUT2D eigenvalue weighted by Gasteiger charge is 2.64. The van der Waals surface area contributed by atoms with Crippen LogP contribution >= 0.6 is 23.2 Å². The number of likely N-dealkylation sites (N-methyl/N-ethyl adjacent to an activating group) is 1. The van der Waals surface area contributed by atoms with Crippen molar-refractivity contribution < 1.29 is 48.3 Å². The predicted molar refractivity (Wildman–Crippen MR) is 201 cm³/mol. The third-order valence-corrected chi connectivity index (χ3v) is 11.1. The van der Waals surface area contributed by atoms with E-state index in [-0.39, 0.29) is 28.5 Å². The Morgan fingerprint density at radius 2 is 1.91 bits per heavy atom. The zero-order valence-electron chi connectivity index (χ0n) is 31.1. The molecule has 5 N–H and O–H groups in total. The van der Waals surface area contributed by atoms with Gasteiger partial charge in [-0.2, -0.15) is 0 Å². The van der Waals surface area contributed by atoms with Crippen LogP contribution in [0.1, 0.15) is 56.5 Å². The molecule has 0 aromatic heterocycles. The van der Waals surface area contributed by atoms with Gasteiger partial charge in [-0.05, 0) is 63.1 Å².